The SMILES string of the molecule is CC(c1ccccc1)n1c(F)nc(Br)c1C(=O)O.[Ag]. The van der Waals surface area contributed by atoms with Crippen LogP contribution in [0, 0.1) is 6.08 Å². The van der Waals surface area contributed by atoms with Gasteiger partial charge in [-0.1, -0.05) is 30.3 Å². The fraction of sp³-hybridized carbons (Fsp3) is 0.167. The van der Waals surface area contributed by atoms with E-state index in [1.54, 1.807) is 6.92 Å². The van der Waals surface area contributed by atoms with Crippen LogP contribution in [0.3, 0.4) is 0 Å². The normalized spacial score (nSPS) is 11.7. The van der Waals surface area contributed by atoms with E-state index in [-0.39, 0.29) is 32.7 Å². The van der Waals surface area contributed by atoms with Gasteiger partial charge in [-0.15, -0.1) is 0 Å². The van der Waals surface area contributed by atoms with Crippen molar-refractivity contribution in [3.8, 4) is 0 Å². The number of nitrogens with zero attached hydrogens (tertiary/aromatic N) is 2. The molecule has 19 heavy (non-hydrogen) atoms. The Morgan fingerprint density at radius 3 is 2.53 bits per heavy atom. The summed E-state index contributed by atoms with van der Waals surface area (Å²) in [6, 6.07) is 8.64. The van der Waals surface area contributed by atoms with Crippen LogP contribution in [0.1, 0.15) is 29.0 Å². The van der Waals surface area contributed by atoms with Gasteiger partial charge in [0.2, 0.25) is 0 Å². The van der Waals surface area contributed by atoms with E-state index in [4.69, 9.17) is 5.11 Å². The van der Waals surface area contributed by atoms with Crippen molar-refractivity contribution in [3.63, 3.8) is 0 Å². The molecule has 105 valence electrons. The molecular weight excluding hydrogens is 411 g/mol. The first-order valence-corrected chi connectivity index (χ1v) is 6.03. The minimum Gasteiger partial charge on any atom is -0.476 e. The Bertz CT molecular complexity index is 589. The third-order valence-corrected chi connectivity index (χ3v) is 3.25. The number of carboxylic acid groups (broad SMARTS) is 1. The van der Waals surface area contributed by atoms with Gasteiger partial charge in [0.05, 0.1) is 6.04 Å². The number of carbonyl (C=O) groups is 1. The van der Waals surface area contributed by atoms with Crippen molar-refractivity contribution < 1.29 is 36.7 Å². The van der Waals surface area contributed by atoms with Crippen LogP contribution in [0.2, 0.25) is 0 Å². The quantitative estimate of drug-likeness (QED) is 0.776. The second-order valence-corrected chi connectivity index (χ2v) is 4.53. The van der Waals surface area contributed by atoms with E-state index in [1.165, 1.54) is 0 Å². The molecule has 2 rings (SSSR count). The summed E-state index contributed by atoms with van der Waals surface area (Å²) in [5, 5.41) is 9.10. The monoisotopic (exact) mass is 419 g/mol. The largest absolute Gasteiger partial charge is 0.476 e. The van der Waals surface area contributed by atoms with Crippen molar-refractivity contribution in [3.05, 3.63) is 52.3 Å². The average molecular weight is 421 g/mol. The van der Waals surface area contributed by atoms with E-state index in [9.17, 15) is 9.18 Å². The van der Waals surface area contributed by atoms with E-state index in [0.717, 1.165) is 10.1 Å². The van der Waals surface area contributed by atoms with Crippen molar-refractivity contribution in [1.29, 1.82) is 0 Å². The molecule has 0 fully saturated rings. The zero-order valence-corrected chi connectivity index (χ0v) is 12.8. The van der Waals surface area contributed by atoms with Gasteiger partial charge in [0.1, 0.15) is 4.60 Å². The molecule has 0 spiro atoms. The first kappa shape index (κ1) is 16.1. The molecule has 0 aliphatic heterocycles. The number of halogens is 2. The topological polar surface area (TPSA) is 55.1 Å². The molecular formula is C12H10AgBrFN2O2. The summed E-state index contributed by atoms with van der Waals surface area (Å²) in [4.78, 5) is 14.6. The number of rotatable bonds is 3. The molecule has 1 unspecified atom stereocenters. The molecule has 2 aromatic rings. The van der Waals surface area contributed by atoms with Gasteiger partial charge in [-0.3, -0.25) is 4.57 Å². The Balaban J connectivity index is 0.00000180. The minimum absolute atomic E-state index is 0. The van der Waals surface area contributed by atoms with E-state index in [0.29, 0.717) is 0 Å². The number of benzene rings is 1. The zero-order valence-electron chi connectivity index (χ0n) is 9.77. The molecule has 7 heteroatoms. The van der Waals surface area contributed by atoms with Gasteiger partial charge in [-0.25, -0.2) is 4.79 Å². The van der Waals surface area contributed by atoms with Crippen LogP contribution in [0.15, 0.2) is 34.9 Å². The van der Waals surface area contributed by atoms with Gasteiger partial charge in [-0.05, 0) is 28.4 Å². The molecule has 0 amide bonds. The van der Waals surface area contributed by atoms with Crippen LogP contribution in [0.25, 0.3) is 0 Å². The Morgan fingerprint density at radius 2 is 2.00 bits per heavy atom. The van der Waals surface area contributed by atoms with Crippen LogP contribution in [-0.2, 0) is 22.4 Å². The van der Waals surface area contributed by atoms with Crippen LogP contribution in [-0.4, -0.2) is 20.6 Å². The second kappa shape index (κ2) is 6.47. The van der Waals surface area contributed by atoms with Crippen molar-refractivity contribution >= 4 is 21.9 Å². The van der Waals surface area contributed by atoms with E-state index in [2.05, 4.69) is 20.9 Å². The van der Waals surface area contributed by atoms with Gasteiger partial charge in [-0.2, -0.15) is 9.37 Å². The molecule has 0 saturated heterocycles. The maximum atomic E-state index is 13.7. The van der Waals surface area contributed by atoms with E-state index >= 15 is 0 Å². The van der Waals surface area contributed by atoms with Crippen LogP contribution in [0.5, 0.6) is 0 Å². The maximum absolute atomic E-state index is 13.7. The summed E-state index contributed by atoms with van der Waals surface area (Å²) in [6.07, 6.45) is -0.823. The first-order valence-electron chi connectivity index (χ1n) is 5.24. The zero-order chi connectivity index (χ0) is 13.3. The molecule has 0 bridgehead atoms. The van der Waals surface area contributed by atoms with Crippen molar-refractivity contribution in [1.82, 2.24) is 9.55 Å². The predicted octanol–water partition coefficient (Wildman–Crippen LogP) is 3.09. The summed E-state index contributed by atoms with van der Waals surface area (Å²) in [5.74, 6) is -1.22. The van der Waals surface area contributed by atoms with Crippen LogP contribution >= 0.6 is 15.9 Å². The molecule has 1 atom stereocenters. The number of aromatic nitrogens is 2. The van der Waals surface area contributed by atoms with Gasteiger partial charge in [0.25, 0.3) is 6.08 Å². The first-order chi connectivity index (χ1) is 8.52. The van der Waals surface area contributed by atoms with Crippen molar-refractivity contribution in [2.75, 3.05) is 0 Å². The van der Waals surface area contributed by atoms with Gasteiger partial charge < -0.3 is 5.11 Å². The number of carboxylic acids is 1. The van der Waals surface area contributed by atoms with Gasteiger partial charge in [0, 0.05) is 22.4 Å². The third-order valence-electron chi connectivity index (χ3n) is 2.70. The number of aromatic carboxylic acids is 1. The summed E-state index contributed by atoms with van der Waals surface area (Å²) >= 11 is 2.96. The number of hydrogen-bond acceptors (Lipinski definition) is 2. The second-order valence-electron chi connectivity index (χ2n) is 3.78. The molecule has 0 aliphatic carbocycles. The van der Waals surface area contributed by atoms with Crippen molar-refractivity contribution in [2.24, 2.45) is 0 Å². The summed E-state index contributed by atoms with van der Waals surface area (Å²) in [5.41, 5.74) is 0.618. The van der Waals surface area contributed by atoms with E-state index in [1.807, 2.05) is 30.3 Å². The number of hydrogen-bond donors (Lipinski definition) is 1. The average Bonchev–Trinajstić information content (AvgIpc) is 2.64. The fourth-order valence-corrected chi connectivity index (χ4v) is 2.31. The third kappa shape index (κ3) is 3.14. The maximum Gasteiger partial charge on any atom is 0.355 e. The Kier molecular flexibility index (Phi) is 5.49. The van der Waals surface area contributed by atoms with Crippen LogP contribution in [0.4, 0.5) is 4.39 Å². The molecule has 1 aromatic heterocycles. The fourth-order valence-electron chi connectivity index (χ4n) is 1.80. The molecule has 4 nitrogen and oxygen atoms in total. The summed E-state index contributed by atoms with van der Waals surface area (Å²) in [7, 11) is 0. The summed E-state index contributed by atoms with van der Waals surface area (Å²) < 4.78 is 14.8. The molecule has 0 saturated carbocycles. The molecule has 0 aliphatic rings. The predicted molar refractivity (Wildman–Crippen MR) is 67.1 cm³/mol. The van der Waals surface area contributed by atoms with Gasteiger partial charge >= 0.3 is 5.97 Å². The molecule has 1 N–H and O–H groups in total. The smallest absolute Gasteiger partial charge is 0.355 e. The Labute approximate surface area is 133 Å². The van der Waals surface area contributed by atoms with Gasteiger partial charge in [0.15, 0.2) is 5.69 Å². The Morgan fingerprint density at radius 1 is 1.42 bits per heavy atom. The summed E-state index contributed by atoms with van der Waals surface area (Å²) in [6.45, 7) is 1.72. The standard InChI is InChI=1S/C12H10BrFN2O2.Ag/c1-7(8-5-3-2-4-6-8)16-9(11(17)18)10(13)15-12(16)14;/h2-7H,1H3,(H,17,18);. The van der Waals surface area contributed by atoms with Crippen LogP contribution < -0.4 is 0 Å². The Hall–Kier alpha value is -0.950. The minimum atomic E-state index is -1.22. The molecule has 1 heterocycles. The van der Waals surface area contributed by atoms with E-state index < -0.39 is 18.1 Å². The number of imidazole rings is 1. The van der Waals surface area contributed by atoms with Crippen molar-refractivity contribution in [2.45, 2.75) is 13.0 Å². The molecule has 1 aromatic carbocycles. The molecule has 1 radical (unpaired) electrons.